The quantitative estimate of drug-likeness (QED) is 0.619. The lowest BCUT2D eigenvalue weighted by Crippen LogP contribution is -2.07. The van der Waals surface area contributed by atoms with E-state index in [2.05, 4.69) is 10.3 Å². The highest BCUT2D eigenvalue weighted by atomic mass is 16.5. The second-order valence-electron chi connectivity index (χ2n) is 5.81. The molecule has 1 aromatic heterocycles. The number of oxazole rings is 1. The van der Waals surface area contributed by atoms with Crippen molar-refractivity contribution in [2.24, 2.45) is 0 Å². The number of aryl methyl sites for hydroxylation is 1. The number of carbonyl (C=O) groups is 1. The summed E-state index contributed by atoms with van der Waals surface area (Å²) >= 11 is 0. The van der Waals surface area contributed by atoms with Gasteiger partial charge in [-0.25, -0.2) is 4.98 Å². The van der Waals surface area contributed by atoms with Crippen LogP contribution in [0.25, 0.3) is 17.2 Å². The van der Waals surface area contributed by atoms with Gasteiger partial charge < -0.3 is 19.2 Å². The standard InChI is InChI=1S/C21H22N2O4/c1-4-25-19-9-6-15(12-20(19)26-5-2)7-11-21(24)23-16-8-10-18-17(13-16)22-14(3)27-18/h6-13H,4-5H2,1-3H3,(H,23,24)/b11-7+. The number of hydrogen-bond acceptors (Lipinski definition) is 5. The molecule has 140 valence electrons. The monoisotopic (exact) mass is 366 g/mol. The molecule has 6 nitrogen and oxygen atoms in total. The van der Waals surface area contributed by atoms with Gasteiger partial charge in [0.05, 0.1) is 13.2 Å². The number of ether oxygens (including phenoxy) is 2. The number of aromatic nitrogens is 1. The SMILES string of the molecule is CCOc1ccc(/C=C/C(=O)Nc2ccc3oc(C)nc3c2)cc1OCC. The Kier molecular flexibility index (Phi) is 5.76. The number of benzene rings is 2. The van der Waals surface area contributed by atoms with E-state index in [1.165, 1.54) is 6.08 Å². The highest BCUT2D eigenvalue weighted by Crippen LogP contribution is 2.29. The van der Waals surface area contributed by atoms with Crippen LogP contribution < -0.4 is 14.8 Å². The van der Waals surface area contributed by atoms with Gasteiger partial charge in [0.2, 0.25) is 5.91 Å². The van der Waals surface area contributed by atoms with E-state index in [0.29, 0.717) is 47.4 Å². The Morgan fingerprint density at radius 2 is 1.89 bits per heavy atom. The molecule has 0 aliphatic carbocycles. The molecule has 0 spiro atoms. The first-order chi connectivity index (χ1) is 13.1. The summed E-state index contributed by atoms with van der Waals surface area (Å²) in [5.41, 5.74) is 2.91. The number of nitrogens with one attached hydrogen (secondary N) is 1. The topological polar surface area (TPSA) is 73.6 Å². The summed E-state index contributed by atoms with van der Waals surface area (Å²) in [6.45, 7) is 6.73. The van der Waals surface area contributed by atoms with Crippen LogP contribution in [0.1, 0.15) is 25.3 Å². The Balaban J connectivity index is 1.70. The molecule has 0 bridgehead atoms. The van der Waals surface area contributed by atoms with Crippen molar-refractivity contribution in [3.8, 4) is 11.5 Å². The first kappa shape index (κ1) is 18.5. The van der Waals surface area contributed by atoms with Crippen molar-refractivity contribution in [2.45, 2.75) is 20.8 Å². The zero-order valence-corrected chi connectivity index (χ0v) is 15.6. The molecule has 0 radical (unpaired) electrons. The summed E-state index contributed by atoms with van der Waals surface area (Å²) in [6, 6.07) is 10.9. The Morgan fingerprint density at radius 3 is 2.67 bits per heavy atom. The summed E-state index contributed by atoms with van der Waals surface area (Å²) < 4.78 is 16.6. The zero-order chi connectivity index (χ0) is 19.2. The predicted octanol–water partition coefficient (Wildman–Crippen LogP) is 4.59. The van der Waals surface area contributed by atoms with E-state index < -0.39 is 0 Å². The van der Waals surface area contributed by atoms with Crippen molar-refractivity contribution in [1.29, 1.82) is 0 Å². The molecule has 27 heavy (non-hydrogen) atoms. The van der Waals surface area contributed by atoms with Crippen molar-refractivity contribution in [1.82, 2.24) is 4.98 Å². The normalized spacial score (nSPS) is 11.1. The van der Waals surface area contributed by atoms with Gasteiger partial charge in [0.1, 0.15) is 5.52 Å². The number of fused-ring (bicyclic) bond motifs is 1. The molecule has 1 amide bonds. The van der Waals surface area contributed by atoms with Crippen molar-refractivity contribution in [3.05, 3.63) is 53.9 Å². The van der Waals surface area contributed by atoms with Gasteiger partial charge in [-0.1, -0.05) is 6.07 Å². The van der Waals surface area contributed by atoms with E-state index in [1.54, 1.807) is 31.2 Å². The molecule has 0 atom stereocenters. The second kappa shape index (κ2) is 8.40. The number of hydrogen-bond donors (Lipinski definition) is 1. The zero-order valence-electron chi connectivity index (χ0n) is 15.6. The molecule has 0 saturated heterocycles. The van der Waals surface area contributed by atoms with Gasteiger partial charge >= 0.3 is 0 Å². The summed E-state index contributed by atoms with van der Waals surface area (Å²) in [5.74, 6) is 1.71. The molecule has 6 heteroatoms. The minimum atomic E-state index is -0.235. The molecule has 0 aliphatic rings. The van der Waals surface area contributed by atoms with Crippen LogP contribution in [-0.2, 0) is 4.79 Å². The van der Waals surface area contributed by atoms with Crippen LogP contribution in [0, 0.1) is 6.92 Å². The number of amides is 1. The second-order valence-corrected chi connectivity index (χ2v) is 5.81. The van der Waals surface area contributed by atoms with Crippen LogP contribution >= 0.6 is 0 Å². The minimum absolute atomic E-state index is 0.235. The Hall–Kier alpha value is -3.28. The smallest absolute Gasteiger partial charge is 0.248 e. The van der Waals surface area contributed by atoms with Gasteiger partial charge in [-0.05, 0) is 55.8 Å². The van der Waals surface area contributed by atoms with E-state index in [-0.39, 0.29) is 5.91 Å². The van der Waals surface area contributed by atoms with E-state index in [9.17, 15) is 4.79 Å². The van der Waals surface area contributed by atoms with E-state index in [4.69, 9.17) is 13.9 Å². The molecule has 0 unspecified atom stereocenters. The molecule has 1 heterocycles. The van der Waals surface area contributed by atoms with E-state index in [1.807, 2.05) is 32.0 Å². The third kappa shape index (κ3) is 4.67. The average molecular weight is 366 g/mol. The molecule has 2 aromatic carbocycles. The number of carbonyl (C=O) groups excluding carboxylic acids is 1. The van der Waals surface area contributed by atoms with Crippen LogP contribution in [0.2, 0.25) is 0 Å². The number of nitrogens with zero attached hydrogens (tertiary/aromatic N) is 1. The largest absolute Gasteiger partial charge is 0.490 e. The highest BCUT2D eigenvalue weighted by Gasteiger charge is 2.06. The lowest BCUT2D eigenvalue weighted by atomic mass is 10.2. The van der Waals surface area contributed by atoms with Crippen LogP contribution in [0.4, 0.5) is 5.69 Å². The van der Waals surface area contributed by atoms with E-state index in [0.717, 1.165) is 5.56 Å². The fourth-order valence-electron chi connectivity index (χ4n) is 2.65. The Bertz CT molecular complexity index is 975. The summed E-state index contributed by atoms with van der Waals surface area (Å²) in [7, 11) is 0. The summed E-state index contributed by atoms with van der Waals surface area (Å²) in [4.78, 5) is 16.5. The Morgan fingerprint density at radius 1 is 1.11 bits per heavy atom. The Labute approximate surface area is 157 Å². The van der Waals surface area contributed by atoms with Gasteiger partial charge in [-0.3, -0.25) is 4.79 Å². The summed E-state index contributed by atoms with van der Waals surface area (Å²) in [5, 5.41) is 2.82. The van der Waals surface area contributed by atoms with Crippen molar-refractivity contribution in [2.75, 3.05) is 18.5 Å². The molecule has 3 rings (SSSR count). The third-order valence-corrected chi connectivity index (χ3v) is 3.76. The van der Waals surface area contributed by atoms with Gasteiger partial charge in [-0.15, -0.1) is 0 Å². The maximum atomic E-state index is 12.2. The lowest BCUT2D eigenvalue weighted by molar-refractivity contribution is -0.111. The van der Waals surface area contributed by atoms with Crippen LogP contribution in [0.5, 0.6) is 11.5 Å². The fourth-order valence-corrected chi connectivity index (χ4v) is 2.65. The van der Waals surface area contributed by atoms with Crippen LogP contribution in [0.3, 0.4) is 0 Å². The first-order valence-electron chi connectivity index (χ1n) is 8.85. The van der Waals surface area contributed by atoms with Gasteiger partial charge in [0.15, 0.2) is 23.0 Å². The maximum absolute atomic E-state index is 12.2. The fraction of sp³-hybridized carbons (Fsp3) is 0.238. The molecular formula is C21H22N2O4. The van der Waals surface area contributed by atoms with Gasteiger partial charge in [-0.2, -0.15) is 0 Å². The maximum Gasteiger partial charge on any atom is 0.248 e. The molecule has 0 fully saturated rings. The molecular weight excluding hydrogens is 344 g/mol. The molecule has 1 N–H and O–H groups in total. The van der Waals surface area contributed by atoms with Crippen LogP contribution in [-0.4, -0.2) is 24.1 Å². The number of rotatable bonds is 7. The third-order valence-electron chi connectivity index (χ3n) is 3.76. The first-order valence-corrected chi connectivity index (χ1v) is 8.85. The van der Waals surface area contributed by atoms with Gasteiger partial charge in [0.25, 0.3) is 0 Å². The van der Waals surface area contributed by atoms with Gasteiger partial charge in [0, 0.05) is 18.7 Å². The average Bonchev–Trinajstić information content (AvgIpc) is 3.01. The molecule has 0 saturated carbocycles. The van der Waals surface area contributed by atoms with E-state index >= 15 is 0 Å². The molecule has 0 aliphatic heterocycles. The van der Waals surface area contributed by atoms with Crippen molar-refractivity contribution < 1.29 is 18.7 Å². The number of anilines is 1. The minimum Gasteiger partial charge on any atom is -0.490 e. The highest BCUT2D eigenvalue weighted by molar-refractivity contribution is 6.02. The summed E-state index contributed by atoms with van der Waals surface area (Å²) in [6.07, 6.45) is 3.20. The van der Waals surface area contributed by atoms with Crippen molar-refractivity contribution >= 4 is 28.8 Å². The van der Waals surface area contributed by atoms with Crippen LogP contribution in [0.15, 0.2) is 46.9 Å². The predicted molar refractivity (Wildman–Crippen MR) is 105 cm³/mol. The molecule has 3 aromatic rings. The lowest BCUT2D eigenvalue weighted by Gasteiger charge is -2.11. The van der Waals surface area contributed by atoms with Crippen molar-refractivity contribution in [3.63, 3.8) is 0 Å².